The molecule has 3 N–H and O–H groups in total. The van der Waals surface area contributed by atoms with E-state index >= 15 is 0 Å². The molecule has 0 aliphatic rings. The fourth-order valence-corrected chi connectivity index (χ4v) is 2.61. The van der Waals surface area contributed by atoms with Crippen LogP contribution < -0.4 is 15.4 Å². The van der Waals surface area contributed by atoms with Gasteiger partial charge in [-0.2, -0.15) is 4.98 Å². The Kier molecular flexibility index (Phi) is 6.05. The number of aliphatic carboxylic acids is 1. The summed E-state index contributed by atoms with van der Waals surface area (Å²) in [6.07, 6.45) is -4.77. The van der Waals surface area contributed by atoms with E-state index in [9.17, 15) is 18.0 Å². The number of nitrogens with one attached hydrogen (secondary N) is 2. The summed E-state index contributed by atoms with van der Waals surface area (Å²) in [7, 11) is 0. The second-order valence-electron chi connectivity index (χ2n) is 6.22. The highest BCUT2D eigenvalue weighted by Gasteiger charge is 2.31. The van der Waals surface area contributed by atoms with E-state index in [0.29, 0.717) is 22.8 Å². The monoisotopic (exact) mass is 418 g/mol. The van der Waals surface area contributed by atoms with Crippen molar-refractivity contribution in [2.45, 2.75) is 13.3 Å². The van der Waals surface area contributed by atoms with Crippen LogP contribution in [-0.4, -0.2) is 34.0 Å². The van der Waals surface area contributed by atoms with E-state index in [-0.39, 0.29) is 18.2 Å². The first-order chi connectivity index (χ1) is 14.2. The number of carboxylic acid groups (broad SMARTS) is 1. The molecule has 0 atom stereocenters. The largest absolute Gasteiger partial charge is 0.573 e. The van der Waals surface area contributed by atoms with E-state index in [2.05, 4.69) is 25.3 Å². The average molecular weight is 418 g/mol. The molecule has 0 fully saturated rings. The van der Waals surface area contributed by atoms with Crippen molar-refractivity contribution in [3.8, 4) is 17.0 Å². The summed E-state index contributed by atoms with van der Waals surface area (Å²) in [4.78, 5) is 19.4. The molecule has 156 valence electrons. The molecule has 10 heteroatoms. The van der Waals surface area contributed by atoms with Crippen LogP contribution in [0.1, 0.15) is 5.56 Å². The van der Waals surface area contributed by atoms with E-state index in [1.165, 1.54) is 18.2 Å². The molecule has 7 nitrogen and oxygen atoms in total. The third-order valence-electron chi connectivity index (χ3n) is 3.89. The number of anilines is 3. The van der Waals surface area contributed by atoms with Crippen molar-refractivity contribution in [2.75, 3.05) is 17.2 Å². The number of halogens is 3. The van der Waals surface area contributed by atoms with Gasteiger partial charge in [-0.05, 0) is 30.7 Å². The van der Waals surface area contributed by atoms with Crippen LogP contribution in [-0.2, 0) is 4.79 Å². The van der Waals surface area contributed by atoms with Gasteiger partial charge < -0.3 is 20.5 Å². The van der Waals surface area contributed by atoms with Crippen molar-refractivity contribution in [3.05, 3.63) is 60.2 Å². The van der Waals surface area contributed by atoms with Crippen molar-refractivity contribution < 1.29 is 27.8 Å². The topological polar surface area (TPSA) is 96.4 Å². The first-order valence-electron chi connectivity index (χ1n) is 8.73. The molecule has 0 radical (unpaired) electrons. The van der Waals surface area contributed by atoms with Gasteiger partial charge in [0, 0.05) is 17.3 Å². The summed E-state index contributed by atoms with van der Waals surface area (Å²) >= 11 is 0. The number of alkyl halides is 3. The normalized spacial score (nSPS) is 11.1. The van der Waals surface area contributed by atoms with Crippen molar-refractivity contribution in [1.29, 1.82) is 0 Å². The lowest BCUT2D eigenvalue weighted by atomic mass is 10.1. The van der Waals surface area contributed by atoms with Gasteiger partial charge in [0.05, 0.1) is 5.69 Å². The Labute approximate surface area is 169 Å². The molecule has 0 saturated carbocycles. The van der Waals surface area contributed by atoms with Gasteiger partial charge >= 0.3 is 12.3 Å². The van der Waals surface area contributed by atoms with Crippen LogP contribution in [0.4, 0.5) is 30.6 Å². The van der Waals surface area contributed by atoms with E-state index in [4.69, 9.17) is 5.11 Å². The SMILES string of the molecule is Cc1cc(OC(F)(F)F)ccc1Nc1cc(-c2ccccc2)nc(NCC(=O)O)n1. The Morgan fingerprint density at radius 1 is 1.10 bits per heavy atom. The van der Waals surface area contributed by atoms with Gasteiger partial charge in [-0.25, -0.2) is 4.98 Å². The van der Waals surface area contributed by atoms with Crippen molar-refractivity contribution in [2.24, 2.45) is 0 Å². The maximum Gasteiger partial charge on any atom is 0.573 e. The molecule has 3 aromatic rings. The lowest BCUT2D eigenvalue weighted by Gasteiger charge is -2.14. The second kappa shape index (κ2) is 8.68. The van der Waals surface area contributed by atoms with Crippen LogP contribution in [0.25, 0.3) is 11.3 Å². The number of hydrogen-bond acceptors (Lipinski definition) is 6. The van der Waals surface area contributed by atoms with Crippen molar-refractivity contribution in [1.82, 2.24) is 9.97 Å². The number of hydrogen-bond donors (Lipinski definition) is 3. The number of benzene rings is 2. The van der Waals surface area contributed by atoms with Crippen LogP contribution in [0.15, 0.2) is 54.6 Å². The molecule has 1 heterocycles. The summed E-state index contributed by atoms with van der Waals surface area (Å²) < 4.78 is 41.1. The zero-order valence-corrected chi connectivity index (χ0v) is 15.7. The van der Waals surface area contributed by atoms with Gasteiger partial charge in [-0.15, -0.1) is 13.2 Å². The lowest BCUT2D eigenvalue weighted by molar-refractivity contribution is -0.274. The molecule has 0 saturated heterocycles. The molecule has 0 unspecified atom stereocenters. The van der Waals surface area contributed by atoms with Crippen LogP contribution >= 0.6 is 0 Å². The Morgan fingerprint density at radius 3 is 2.47 bits per heavy atom. The van der Waals surface area contributed by atoms with E-state index in [1.54, 1.807) is 13.0 Å². The van der Waals surface area contributed by atoms with E-state index in [1.807, 2.05) is 30.3 Å². The minimum Gasteiger partial charge on any atom is -0.480 e. The van der Waals surface area contributed by atoms with Gasteiger partial charge in [-0.1, -0.05) is 30.3 Å². The highest BCUT2D eigenvalue weighted by Crippen LogP contribution is 2.29. The molecule has 0 bridgehead atoms. The molecule has 0 aliphatic heterocycles. The fourth-order valence-electron chi connectivity index (χ4n) is 2.61. The number of aromatic nitrogens is 2. The van der Waals surface area contributed by atoms with Crippen LogP contribution in [0.5, 0.6) is 5.75 Å². The summed E-state index contributed by atoms with van der Waals surface area (Å²) in [6, 6.07) is 14.7. The van der Waals surface area contributed by atoms with Gasteiger partial charge in [0.1, 0.15) is 18.1 Å². The average Bonchev–Trinajstić information content (AvgIpc) is 2.68. The minimum absolute atomic E-state index is 0.0935. The third kappa shape index (κ3) is 5.84. The third-order valence-corrected chi connectivity index (χ3v) is 3.89. The molecule has 0 aliphatic carbocycles. The predicted molar refractivity (Wildman–Crippen MR) is 105 cm³/mol. The Balaban J connectivity index is 1.91. The van der Waals surface area contributed by atoms with Crippen LogP contribution in [0.2, 0.25) is 0 Å². The van der Waals surface area contributed by atoms with E-state index < -0.39 is 12.3 Å². The zero-order chi connectivity index (χ0) is 21.7. The highest BCUT2D eigenvalue weighted by atomic mass is 19.4. The number of carboxylic acids is 1. The van der Waals surface area contributed by atoms with Gasteiger partial charge in [0.15, 0.2) is 0 Å². The zero-order valence-electron chi connectivity index (χ0n) is 15.7. The van der Waals surface area contributed by atoms with Crippen molar-refractivity contribution >= 4 is 23.4 Å². The first-order valence-corrected chi connectivity index (χ1v) is 8.73. The van der Waals surface area contributed by atoms with Gasteiger partial charge in [-0.3, -0.25) is 4.79 Å². The molecular weight excluding hydrogens is 401 g/mol. The first kappa shape index (κ1) is 20.9. The second-order valence-corrected chi connectivity index (χ2v) is 6.22. The van der Waals surface area contributed by atoms with Gasteiger partial charge in [0.25, 0.3) is 0 Å². The minimum atomic E-state index is -4.77. The smallest absolute Gasteiger partial charge is 0.480 e. The summed E-state index contributed by atoms with van der Waals surface area (Å²) in [5.74, 6) is -0.975. The van der Waals surface area contributed by atoms with Crippen molar-refractivity contribution in [3.63, 3.8) is 0 Å². The quantitative estimate of drug-likeness (QED) is 0.516. The number of ether oxygens (including phenoxy) is 1. The van der Waals surface area contributed by atoms with Crippen LogP contribution in [0.3, 0.4) is 0 Å². The number of nitrogens with zero attached hydrogens (tertiary/aromatic N) is 2. The highest BCUT2D eigenvalue weighted by molar-refractivity contribution is 5.73. The Hall–Kier alpha value is -3.82. The predicted octanol–water partition coefficient (Wildman–Crippen LogP) is 4.59. The molecule has 2 aromatic carbocycles. The number of carbonyl (C=O) groups is 1. The number of aryl methyl sites for hydroxylation is 1. The summed E-state index contributed by atoms with van der Waals surface area (Å²) in [6.45, 7) is 1.24. The maximum atomic E-state index is 12.4. The molecule has 30 heavy (non-hydrogen) atoms. The Morgan fingerprint density at radius 2 is 1.83 bits per heavy atom. The molecular formula is C20H17F3N4O3. The summed E-state index contributed by atoms with van der Waals surface area (Å²) in [5.41, 5.74) is 2.32. The lowest BCUT2D eigenvalue weighted by Crippen LogP contribution is -2.17. The standard InChI is InChI=1S/C20H17F3N4O3/c1-12-9-14(30-20(21,22)23)7-8-15(12)25-17-10-16(13-5-3-2-4-6-13)26-19(27-17)24-11-18(28)29/h2-10H,11H2,1H3,(H,28,29)(H2,24,25,26,27). The maximum absolute atomic E-state index is 12.4. The molecule has 1 aromatic heterocycles. The Bertz CT molecular complexity index is 1040. The molecule has 3 rings (SSSR count). The van der Waals surface area contributed by atoms with E-state index in [0.717, 1.165) is 5.56 Å². The van der Waals surface area contributed by atoms with Gasteiger partial charge in [0.2, 0.25) is 5.95 Å². The molecule has 0 spiro atoms. The summed E-state index contributed by atoms with van der Waals surface area (Å²) in [5, 5.41) is 14.5. The molecule has 0 amide bonds. The van der Waals surface area contributed by atoms with Crippen LogP contribution in [0, 0.1) is 6.92 Å². The fraction of sp³-hybridized carbons (Fsp3) is 0.150. The number of rotatable bonds is 7.